The number of nitrogens with one attached hydrogen (secondary N) is 2. The average molecular weight is 372 g/mol. The fourth-order valence-electron chi connectivity index (χ4n) is 3.40. The lowest BCUT2D eigenvalue weighted by atomic mass is 10.1. The van der Waals surface area contributed by atoms with E-state index < -0.39 is 0 Å². The highest BCUT2D eigenvalue weighted by molar-refractivity contribution is 6.31. The zero-order chi connectivity index (χ0) is 18.4. The Morgan fingerprint density at radius 1 is 1.19 bits per heavy atom. The topological polar surface area (TPSA) is 44.4 Å². The van der Waals surface area contributed by atoms with Crippen molar-refractivity contribution in [3.63, 3.8) is 0 Å². The van der Waals surface area contributed by atoms with Crippen LogP contribution in [0.15, 0.2) is 54.6 Å². The Balaban J connectivity index is 1.41. The summed E-state index contributed by atoms with van der Waals surface area (Å²) in [7, 11) is 0. The minimum absolute atomic E-state index is 0.0348. The molecule has 4 nitrogen and oxygen atoms in total. The quantitative estimate of drug-likeness (QED) is 0.784. The largest absolute Gasteiger partial charge is 0.351 e. The molecule has 2 N–H and O–H groups in total. The lowest BCUT2D eigenvalue weighted by Gasteiger charge is -2.18. The maximum absolute atomic E-state index is 12.3. The molecule has 2 atom stereocenters. The Morgan fingerprint density at radius 2 is 1.92 bits per heavy atom. The normalized spacial score (nSPS) is 18.6. The van der Waals surface area contributed by atoms with Gasteiger partial charge in [0.2, 0.25) is 5.91 Å². The molecule has 138 valence electrons. The van der Waals surface area contributed by atoms with Crippen molar-refractivity contribution in [3.8, 4) is 0 Å². The van der Waals surface area contributed by atoms with Crippen molar-refractivity contribution in [1.29, 1.82) is 0 Å². The smallest absolute Gasteiger partial charge is 0.234 e. The van der Waals surface area contributed by atoms with Gasteiger partial charge in [0.1, 0.15) is 0 Å². The van der Waals surface area contributed by atoms with Crippen LogP contribution in [-0.2, 0) is 11.3 Å². The molecule has 26 heavy (non-hydrogen) atoms. The number of nitrogens with zero attached hydrogens (tertiary/aromatic N) is 1. The third kappa shape index (κ3) is 5.31. The van der Waals surface area contributed by atoms with Gasteiger partial charge in [0.05, 0.1) is 6.54 Å². The Labute approximate surface area is 160 Å². The van der Waals surface area contributed by atoms with E-state index in [-0.39, 0.29) is 18.0 Å². The third-order valence-corrected chi connectivity index (χ3v) is 5.17. The second-order valence-electron chi connectivity index (χ2n) is 6.90. The first-order valence-electron chi connectivity index (χ1n) is 9.15. The van der Waals surface area contributed by atoms with Gasteiger partial charge in [-0.05, 0) is 30.5 Å². The van der Waals surface area contributed by atoms with Gasteiger partial charge in [-0.25, -0.2) is 0 Å². The van der Waals surface area contributed by atoms with Crippen molar-refractivity contribution >= 4 is 17.5 Å². The lowest BCUT2D eigenvalue weighted by molar-refractivity contribution is -0.121. The molecular formula is C21H26ClN3O. The van der Waals surface area contributed by atoms with Gasteiger partial charge >= 0.3 is 0 Å². The van der Waals surface area contributed by atoms with Crippen LogP contribution in [0.1, 0.15) is 30.5 Å². The molecule has 0 radical (unpaired) electrons. The van der Waals surface area contributed by atoms with E-state index in [0.29, 0.717) is 6.54 Å². The Morgan fingerprint density at radius 3 is 2.69 bits per heavy atom. The molecule has 0 unspecified atom stereocenters. The van der Waals surface area contributed by atoms with Gasteiger partial charge in [0.15, 0.2) is 0 Å². The van der Waals surface area contributed by atoms with Crippen LogP contribution >= 0.6 is 11.6 Å². The fourth-order valence-corrected chi connectivity index (χ4v) is 3.70. The van der Waals surface area contributed by atoms with E-state index in [4.69, 9.17) is 11.6 Å². The summed E-state index contributed by atoms with van der Waals surface area (Å²) in [5, 5.41) is 7.12. The van der Waals surface area contributed by atoms with Crippen molar-refractivity contribution < 1.29 is 4.79 Å². The predicted octanol–water partition coefficient (Wildman–Crippen LogP) is 3.38. The highest BCUT2D eigenvalue weighted by atomic mass is 35.5. The summed E-state index contributed by atoms with van der Waals surface area (Å²) in [6.07, 6.45) is 0.999. The van der Waals surface area contributed by atoms with Crippen molar-refractivity contribution in [2.24, 2.45) is 0 Å². The van der Waals surface area contributed by atoms with Gasteiger partial charge in [-0.2, -0.15) is 0 Å². The first-order valence-corrected chi connectivity index (χ1v) is 9.53. The van der Waals surface area contributed by atoms with Gasteiger partial charge in [0.25, 0.3) is 0 Å². The van der Waals surface area contributed by atoms with Crippen LogP contribution in [0.25, 0.3) is 0 Å². The SMILES string of the molecule is C[C@H](NCC(=O)N[C@@H]1CCN(Cc2ccccc2)C1)c1ccccc1Cl. The summed E-state index contributed by atoms with van der Waals surface area (Å²) >= 11 is 6.21. The van der Waals surface area contributed by atoms with Crippen LogP contribution in [0.4, 0.5) is 0 Å². The van der Waals surface area contributed by atoms with Crippen LogP contribution in [0.2, 0.25) is 5.02 Å². The maximum atomic E-state index is 12.3. The van der Waals surface area contributed by atoms with Crippen molar-refractivity contribution in [1.82, 2.24) is 15.5 Å². The van der Waals surface area contributed by atoms with Gasteiger partial charge in [0, 0.05) is 36.7 Å². The number of rotatable bonds is 7. The van der Waals surface area contributed by atoms with E-state index >= 15 is 0 Å². The molecule has 2 aromatic rings. The number of carbonyl (C=O) groups excluding carboxylic acids is 1. The lowest BCUT2D eigenvalue weighted by Crippen LogP contribution is -2.42. The molecule has 1 aliphatic rings. The molecule has 0 spiro atoms. The number of hydrogen-bond donors (Lipinski definition) is 2. The Kier molecular flexibility index (Phi) is 6.67. The molecule has 1 saturated heterocycles. The fraction of sp³-hybridized carbons (Fsp3) is 0.381. The first kappa shape index (κ1) is 18.9. The van der Waals surface area contributed by atoms with Gasteiger partial charge in [-0.1, -0.05) is 60.1 Å². The average Bonchev–Trinajstić information content (AvgIpc) is 3.07. The Bertz CT molecular complexity index is 722. The standard InChI is InChI=1S/C21H26ClN3O/c1-16(19-9-5-6-10-20(19)22)23-13-21(26)24-18-11-12-25(15-18)14-17-7-3-2-4-8-17/h2-10,16,18,23H,11-15H2,1H3,(H,24,26)/t16-,18+/m0/s1. The molecule has 5 heteroatoms. The van der Waals surface area contributed by atoms with Crippen LogP contribution < -0.4 is 10.6 Å². The summed E-state index contributed by atoms with van der Waals surface area (Å²) in [6.45, 7) is 5.17. The summed E-state index contributed by atoms with van der Waals surface area (Å²) in [6, 6.07) is 18.4. The summed E-state index contributed by atoms with van der Waals surface area (Å²) < 4.78 is 0. The molecule has 1 heterocycles. The Hall–Kier alpha value is -1.88. The first-order chi connectivity index (χ1) is 12.6. The number of likely N-dealkylation sites (tertiary alicyclic amines) is 1. The van der Waals surface area contributed by atoms with Gasteiger partial charge in [-0.15, -0.1) is 0 Å². The van der Waals surface area contributed by atoms with E-state index in [1.165, 1.54) is 5.56 Å². The second kappa shape index (κ2) is 9.17. The monoisotopic (exact) mass is 371 g/mol. The predicted molar refractivity (Wildman–Crippen MR) is 106 cm³/mol. The molecule has 1 aliphatic heterocycles. The molecule has 0 saturated carbocycles. The van der Waals surface area contributed by atoms with E-state index in [9.17, 15) is 4.79 Å². The number of hydrogen-bond acceptors (Lipinski definition) is 3. The van der Waals surface area contributed by atoms with E-state index in [1.54, 1.807) is 0 Å². The van der Waals surface area contributed by atoms with E-state index in [2.05, 4.69) is 39.8 Å². The molecule has 3 rings (SSSR count). The number of halogens is 1. The maximum Gasteiger partial charge on any atom is 0.234 e. The zero-order valence-corrected chi connectivity index (χ0v) is 15.9. The second-order valence-corrected chi connectivity index (χ2v) is 7.31. The number of amides is 1. The van der Waals surface area contributed by atoms with Gasteiger partial charge in [-0.3, -0.25) is 9.69 Å². The highest BCUT2D eigenvalue weighted by Crippen LogP contribution is 2.21. The summed E-state index contributed by atoms with van der Waals surface area (Å²) in [4.78, 5) is 14.6. The minimum Gasteiger partial charge on any atom is -0.351 e. The molecule has 1 fully saturated rings. The van der Waals surface area contributed by atoms with Gasteiger partial charge < -0.3 is 10.6 Å². The van der Waals surface area contributed by atoms with Crippen LogP contribution in [0.5, 0.6) is 0 Å². The summed E-state index contributed by atoms with van der Waals surface area (Å²) in [5.74, 6) is 0.0375. The third-order valence-electron chi connectivity index (χ3n) is 4.83. The van der Waals surface area contributed by atoms with Crippen LogP contribution in [0.3, 0.4) is 0 Å². The van der Waals surface area contributed by atoms with E-state index in [0.717, 1.165) is 36.6 Å². The van der Waals surface area contributed by atoms with Crippen molar-refractivity contribution in [2.45, 2.75) is 32.0 Å². The molecular weight excluding hydrogens is 346 g/mol. The minimum atomic E-state index is 0.0348. The molecule has 0 aliphatic carbocycles. The molecule has 2 aromatic carbocycles. The molecule has 0 bridgehead atoms. The molecule has 1 amide bonds. The van der Waals surface area contributed by atoms with Crippen LogP contribution in [-0.4, -0.2) is 36.5 Å². The zero-order valence-electron chi connectivity index (χ0n) is 15.1. The number of carbonyl (C=O) groups is 1. The van der Waals surface area contributed by atoms with Crippen molar-refractivity contribution in [3.05, 3.63) is 70.7 Å². The molecule has 0 aromatic heterocycles. The number of benzene rings is 2. The van der Waals surface area contributed by atoms with Crippen LogP contribution in [0, 0.1) is 0 Å². The van der Waals surface area contributed by atoms with Crippen molar-refractivity contribution in [2.75, 3.05) is 19.6 Å². The van der Waals surface area contributed by atoms with E-state index in [1.807, 2.05) is 37.3 Å². The summed E-state index contributed by atoms with van der Waals surface area (Å²) in [5.41, 5.74) is 2.33. The highest BCUT2D eigenvalue weighted by Gasteiger charge is 2.23.